The summed E-state index contributed by atoms with van der Waals surface area (Å²) in [7, 11) is -3.65. The highest BCUT2D eigenvalue weighted by Gasteiger charge is 2.29. The standard InChI is InChI=1S/C24H38N4O5S/c1-17(2)19(4)25-24(30)20-7-9-27(10-8-20)16-23(29)26-21-6-5-18(3)22(15-21)34(31,32)28-11-13-33-14-12-28/h5-6,15,17,19-20H,7-14,16H2,1-4H3,(H,25,30)(H,26,29). The van der Waals surface area contributed by atoms with Crippen LogP contribution in [0.25, 0.3) is 0 Å². The van der Waals surface area contributed by atoms with Crippen LogP contribution in [-0.4, -0.2) is 81.4 Å². The summed E-state index contributed by atoms with van der Waals surface area (Å²) < 4.78 is 32.8. The predicted octanol–water partition coefficient (Wildman–Crippen LogP) is 1.83. The summed E-state index contributed by atoms with van der Waals surface area (Å²) in [4.78, 5) is 27.4. The molecule has 2 heterocycles. The van der Waals surface area contributed by atoms with Gasteiger partial charge in [-0.2, -0.15) is 4.31 Å². The Morgan fingerprint density at radius 1 is 1.09 bits per heavy atom. The van der Waals surface area contributed by atoms with Crippen molar-refractivity contribution in [3.8, 4) is 0 Å². The lowest BCUT2D eigenvalue weighted by molar-refractivity contribution is -0.127. The third-order valence-electron chi connectivity index (χ3n) is 6.76. The van der Waals surface area contributed by atoms with Gasteiger partial charge in [0.1, 0.15) is 0 Å². The number of benzene rings is 1. The van der Waals surface area contributed by atoms with Gasteiger partial charge in [0.15, 0.2) is 0 Å². The molecule has 10 heteroatoms. The van der Waals surface area contributed by atoms with Gasteiger partial charge in [-0.3, -0.25) is 14.5 Å². The number of carbonyl (C=O) groups excluding carboxylic acids is 2. The number of nitrogens with one attached hydrogen (secondary N) is 2. The molecule has 0 spiro atoms. The predicted molar refractivity (Wildman–Crippen MR) is 131 cm³/mol. The van der Waals surface area contributed by atoms with Crippen LogP contribution in [0.5, 0.6) is 0 Å². The molecule has 190 valence electrons. The maximum atomic E-state index is 13.1. The summed E-state index contributed by atoms with van der Waals surface area (Å²) in [6, 6.07) is 5.11. The molecule has 0 aliphatic carbocycles. The SMILES string of the molecule is Cc1ccc(NC(=O)CN2CCC(C(=O)NC(C)C(C)C)CC2)cc1S(=O)(=O)N1CCOCC1. The minimum absolute atomic E-state index is 0.0226. The molecule has 2 fully saturated rings. The number of amides is 2. The number of anilines is 1. The number of carbonyl (C=O) groups is 2. The van der Waals surface area contributed by atoms with Crippen molar-refractivity contribution in [1.82, 2.24) is 14.5 Å². The molecule has 0 bridgehead atoms. The van der Waals surface area contributed by atoms with Crippen LogP contribution in [-0.2, 0) is 24.3 Å². The number of aryl methyl sites for hydroxylation is 1. The fourth-order valence-corrected chi connectivity index (χ4v) is 5.81. The fraction of sp³-hybridized carbons (Fsp3) is 0.667. The number of hydrogen-bond acceptors (Lipinski definition) is 6. The summed E-state index contributed by atoms with van der Waals surface area (Å²) in [5, 5.41) is 5.92. The van der Waals surface area contributed by atoms with E-state index in [9.17, 15) is 18.0 Å². The number of ether oxygens (including phenoxy) is 1. The fourth-order valence-electron chi connectivity index (χ4n) is 4.15. The zero-order valence-corrected chi connectivity index (χ0v) is 21.5. The zero-order chi connectivity index (χ0) is 24.9. The second-order valence-electron chi connectivity index (χ2n) is 9.64. The highest BCUT2D eigenvalue weighted by atomic mass is 32.2. The molecule has 2 aliphatic rings. The lowest BCUT2D eigenvalue weighted by atomic mass is 9.95. The largest absolute Gasteiger partial charge is 0.379 e. The summed E-state index contributed by atoms with van der Waals surface area (Å²) in [5.74, 6) is 0.262. The maximum absolute atomic E-state index is 13.1. The van der Waals surface area contributed by atoms with E-state index in [-0.39, 0.29) is 35.2 Å². The van der Waals surface area contributed by atoms with Gasteiger partial charge < -0.3 is 15.4 Å². The van der Waals surface area contributed by atoms with Gasteiger partial charge in [0, 0.05) is 30.7 Å². The molecule has 2 N–H and O–H groups in total. The van der Waals surface area contributed by atoms with Crippen LogP contribution >= 0.6 is 0 Å². The molecule has 1 unspecified atom stereocenters. The lowest BCUT2D eigenvalue weighted by Crippen LogP contribution is -2.45. The summed E-state index contributed by atoms with van der Waals surface area (Å²) in [5.41, 5.74) is 1.09. The van der Waals surface area contributed by atoms with E-state index in [4.69, 9.17) is 4.74 Å². The molecule has 1 atom stereocenters. The van der Waals surface area contributed by atoms with E-state index in [2.05, 4.69) is 24.5 Å². The molecular weight excluding hydrogens is 456 g/mol. The van der Waals surface area contributed by atoms with Crippen molar-refractivity contribution >= 4 is 27.5 Å². The summed E-state index contributed by atoms with van der Waals surface area (Å²) in [6.45, 7) is 10.9. The second-order valence-corrected chi connectivity index (χ2v) is 11.5. The minimum Gasteiger partial charge on any atom is -0.379 e. The molecule has 1 aromatic carbocycles. The van der Waals surface area contributed by atoms with Gasteiger partial charge in [0.25, 0.3) is 0 Å². The van der Waals surface area contributed by atoms with E-state index in [0.717, 1.165) is 12.8 Å². The number of nitrogens with zero attached hydrogens (tertiary/aromatic N) is 2. The van der Waals surface area contributed by atoms with E-state index < -0.39 is 10.0 Å². The number of piperidine rings is 1. The van der Waals surface area contributed by atoms with Crippen LogP contribution in [0, 0.1) is 18.8 Å². The molecule has 9 nitrogen and oxygen atoms in total. The third kappa shape index (κ3) is 6.78. The molecule has 2 saturated heterocycles. The van der Waals surface area contributed by atoms with Crippen molar-refractivity contribution in [3.63, 3.8) is 0 Å². The van der Waals surface area contributed by atoms with E-state index in [1.807, 2.05) is 11.8 Å². The van der Waals surface area contributed by atoms with Crippen LogP contribution in [0.1, 0.15) is 39.2 Å². The summed E-state index contributed by atoms with van der Waals surface area (Å²) >= 11 is 0. The van der Waals surface area contributed by atoms with E-state index in [1.54, 1.807) is 19.1 Å². The number of likely N-dealkylation sites (tertiary alicyclic amines) is 1. The molecular formula is C24H38N4O5S. The average molecular weight is 495 g/mol. The van der Waals surface area contributed by atoms with Gasteiger partial charge in [0.2, 0.25) is 21.8 Å². The van der Waals surface area contributed by atoms with Crippen molar-refractivity contribution in [2.75, 3.05) is 51.3 Å². The normalized spacial score (nSPS) is 19.7. The van der Waals surface area contributed by atoms with Gasteiger partial charge in [-0.25, -0.2) is 8.42 Å². The highest BCUT2D eigenvalue weighted by molar-refractivity contribution is 7.89. The van der Waals surface area contributed by atoms with Gasteiger partial charge in [-0.05, 0) is 63.4 Å². The third-order valence-corrected chi connectivity index (χ3v) is 8.80. The maximum Gasteiger partial charge on any atom is 0.243 e. The Morgan fingerprint density at radius 2 is 1.74 bits per heavy atom. The lowest BCUT2D eigenvalue weighted by Gasteiger charge is -2.31. The van der Waals surface area contributed by atoms with Crippen molar-refractivity contribution in [2.45, 2.75) is 51.5 Å². The number of sulfonamides is 1. The molecule has 0 radical (unpaired) electrons. The number of hydrogen-bond donors (Lipinski definition) is 2. The Labute approximate surface area is 203 Å². The quantitative estimate of drug-likeness (QED) is 0.571. The van der Waals surface area contributed by atoms with Crippen LogP contribution < -0.4 is 10.6 Å². The molecule has 2 aliphatic heterocycles. The first-order valence-electron chi connectivity index (χ1n) is 12.1. The minimum atomic E-state index is -3.65. The first kappa shape index (κ1) is 26.6. The Kier molecular flexibility index (Phi) is 9.08. The number of morpholine rings is 1. The van der Waals surface area contributed by atoms with Crippen LogP contribution in [0.15, 0.2) is 23.1 Å². The molecule has 3 rings (SSSR count). The van der Waals surface area contributed by atoms with E-state index in [0.29, 0.717) is 56.6 Å². The van der Waals surface area contributed by atoms with Crippen molar-refractivity contribution in [2.24, 2.45) is 11.8 Å². The second kappa shape index (κ2) is 11.6. The Morgan fingerprint density at radius 3 is 2.35 bits per heavy atom. The zero-order valence-electron chi connectivity index (χ0n) is 20.7. The molecule has 1 aromatic rings. The van der Waals surface area contributed by atoms with Crippen LogP contribution in [0.3, 0.4) is 0 Å². The van der Waals surface area contributed by atoms with Crippen molar-refractivity contribution in [3.05, 3.63) is 23.8 Å². The van der Waals surface area contributed by atoms with Crippen LogP contribution in [0.2, 0.25) is 0 Å². The summed E-state index contributed by atoms with van der Waals surface area (Å²) in [6.07, 6.45) is 1.44. The van der Waals surface area contributed by atoms with Gasteiger partial charge in [-0.1, -0.05) is 19.9 Å². The van der Waals surface area contributed by atoms with Crippen molar-refractivity contribution < 1.29 is 22.7 Å². The van der Waals surface area contributed by atoms with E-state index >= 15 is 0 Å². The number of rotatable bonds is 8. The van der Waals surface area contributed by atoms with Gasteiger partial charge in [0.05, 0.1) is 24.7 Å². The first-order valence-corrected chi connectivity index (χ1v) is 13.5. The Bertz CT molecular complexity index is 968. The average Bonchev–Trinajstić information content (AvgIpc) is 2.81. The Hall–Kier alpha value is -2.01. The molecule has 0 saturated carbocycles. The monoisotopic (exact) mass is 494 g/mol. The van der Waals surface area contributed by atoms with Gasteiger partial charge >= 0.3 is 0 Å². The molecule has 34 heavy (non-hydrogen) atoms. The van der Waals surface area contributed by atoms with E-state index in [1.165, 1.54) is 10.4 Å². The van der Waals surface area contributed by atoms with Gasteiger partial charge in [-0.15, -0.1) is 0 Å². The first-order chi connectivity index (χ1) is 16.1. The molecule has 0 aromatic heterocycles. The van der Waals surface area contributed by atoms with Crippen LogP contribution in [0.4, 0.5) is 5.69 Å². The Balaban J connectivity index is 1.54. The molecule has 2 amide bonds. The topological polar surface area (TPSA) is 108 Å². The highest BCUT2D eigenvalue weighted by Crippen LogP contribution is 2.25. The smallest absolute Gasteiger partial charge is 0.243 e. The van der Waals surface area contributed by atoms with Crippen molar-refractivity contribution in [1.29, 1.82) is 0 Å².